The van der Waals surface area contributed by atoms with Gasteiger partial charge in [0.05, 0.1) is 6.54 Å². The van der Waals surface area contributed by atoms with Gasteiger partial charge in [-0.3, -0.25) is 9.59 Å². The zero-order chi connectivity index (χ0) is 8.55. The molecule has 4 heteroatoms. The third kappa shape index (κ3) is 1.42. The molecule has 1 N–H and O–H groups in total. The first-order valence-electron chi connectivity index (χ1n) is 4.33. The number of carbonyl (C=O) groups excluding carboxylic acids is 2. The van der Waals surface area contributed by atoms with E-state index in [-0.39, 0.29) is 24.3 Å². The van der Waals surface area contributed by atoms with Gasteiger partial charge in [-0.2, -0.15) is 0 Å². The maximum absolute atomic E-state index is 11.5. The molecular formula is C8H12N2O2. The second kappa shape index (κ2) is 2.77. The Morgan fingerprint density at radius 2 is 2.25 bits per heavy atom. The largest absolute Gasteiger partial charge is 0.353 e. The minimum Gasteiger partial charge on any atom is -0.353 e. The van der Waals surface area contributed by atoms with E-state index in [1.807, 2.05) is 0 Å². The minimum atomic E-state index is -0.0322. The number of hydrogen-bond acceptors (Lipinski definition) is 2. The van der Waals surface area contributed by atoms with Crippen molar-refractivity contribution in [3.63, 3.8) is 0 Å². The monoisotopic (exact) mass is 168 g/mol. The number of hydrogen-bond donors (Lipinski definition) is 1. The fraction of sp³-hybridized carbons (Fsp3) is 0.750. The molecule has 0 unspecified atom stereocenters. The van der Waals surface area contributed by atoms with Crippen LogP contribution < -0.4 is 5.32 Å². The molecule has 0 aromatic heterocycles. The Kier molecular flexibility index (Phi) is 1.75. The van der Waals surface area contributed by atoms with Crippen molar-refractivity contribution in [2.75, 3.05) is 19.6 Å². The molecule has 66 valence electrons. The molecule has 0 aromatic carbocycles. The van der Waals surface area contributed by atoms with Gasteiger partial charge in [-0.25, -0.2) is 0 Å². The number of nitrogens with one attached hydrogen (secondary N) is 1. The summed E-state index contributed by atoms with van der Waals surface area (Å²) in [6.07, 6.45) is 2.02. The zero-order valence-corrected chi connectivity index (χ0v) is 6.88. The number of rotatable bonds is 1. The van der Waals surface area contributed by atoms with Gasteiger partial charge >= 0.3 is 0 Å². The highest BCUT2D eigenvalue weighted by molar-refractivity contribution is 5.87. The van der Waals surface area contributed by atoms with Crippen LogP contribution in [-0.2, 0) is 9.59 Å². The lowest BCUT2D eigenvalue weighted by Gasteiger charge is -2.26. The molecule has 0 atom stereocenters. The summed E-state index contributed by atoms with van der Waals surface area (Å²) in [4.78, 5) is 24.0. The Balaban J connectivity index is 1.93. The van der Waals surface area contributed by atoms with Gasteiger partial charge in [0.2, 0.25) is 11.8 Å². The topological polar surface area (TPSA) is 49.4 Å². The Hall–Kier alpha value is -1.06. The predicted molar refractivity (Wildman–Crippen MR) is 42.3 cm³/mol. The summed E-state index contributed by atoms with van der Waals surface area (Å²) in [6, 6.07) is 0. The molecule has 2 amide bonds. The number of amides is 2. The van der Waals surface area contributed by atoms with Crippen LogP contribution in [0.1, 0.15) is 12.8 Å². The van der Waals surface area contributed by atoms with Crippen molar-refractivity contribution in [3.8, 4) is 0 Å². The fourth-order valence-electron chi connectivity index (χ4n) is 1.42. The van der Waals surface area contributed by atoms with E-state index >= 15 is 0 Å². The first-order valence-corrected chi connectivity index (χ1v) is 4.33. The van der Waals surface area contributed by atoms with Gasteiger partial charge in [0.25, 0.3) is 0 Å². The molecule has 4 nitrogen and oxygen atoms in total. The van der Waals surface area contributed by atoms with Crippen LogP contribution in [0.15, 0.2) is 0 Å². The molecule has 0 spiro atoms. The molecule has 1 saturated carbocycles. The van der Waals surface area contributed by atoms with Gasteiger partial charge in [0.1, 0.15) is 0 Å². The second-order valence-electron chi connectivity index (χ2n) is 3.38. The fourth-order valence-corrected chi connectivity index (χ4v) is 1.42. The van der Waals surface area contributed by atoms with Crippen LogP contribution in [0.3, 0.4) is 0 Å². The Morgan fingerprint density at radius 3 is 2.83 bits per heavy atom. The van der Waals surface area contributed by atoms with Gasteiger partial charge in [0.15, 0.2) is 0 Å². The molecule has 2 rings (SSSR count). The quantitative estimate of drug-likeness (QED) is 0.566. The van der Waals surface area contributed by atoms with Crippen LogP contribution in [0.4, 0.5) is 0 Å². The van der Waals surface area contributed by atoms with Crippen LogP contribution in [0.5, 0.6) is 0 Å². The summed E-state index contributed by atoms with van der Waals surface area (Å²) >= 11 is 0. The molecule has 0 aromatic rings. The lowest BCUT2D eigenvalue weighted by atomic mass is 10.3. The van der Waals surface area contributed by atoms with E-state index in [2.05, 4.69) is 5.32 Å². The van der Waals surface area contributed by atoms with E-state index in [4.69, 9.17) is 0 Å². The second-order valence-corrected chi connectivity index (χ2v) is 3.38. The third-order valence-corrected chi connectivity index (χ3v) is 2.28. The van der Waals surface area contributed by atoms with Crippen LogP contribution >= 0.6 is 0 Å². The van der Waals surface area contributed by atoms with Crippen LogP contribution in [0.25, 0.3) is 0 Å². The van der Waals surface area contributed by atoms with E-state index in [9.17, 15) is 9.59 Å². The van der Waals surface area contributed by atoms with E-state index in [0.29, 0.717) is 13.1 Å². The molecule has 2 fully saturated rings. The molecule has 1 aliphatic heterocycles. The maximum atomic E-state index is 11.5. The lowest BCUT2D eigenvalue weighted by Crippen LogP contribution is -2.50. The predicted octanol–water partition coefficient (Wildman–Crippen LogP) is -0.645. The van der Waals surface area contributed by atoms with E-state index in [1.54, 1.807) is 4.90 Å². The highest BCUT2D eigenvalue weighted by Gasteiger charge is 2.34. The summed E-state index contributed by atoms with van der Waals surface area (Å²) in [5.41, 5.74) is 0. The summed E-state index contributed by atoms with van der Waals surface area (Å²) in [7, 11) is 0. The molecule has 0 bridgehead atoms. The normalized spacial score (nSPS) is 23.7. The molecule has 12 heavy (non-hydrogen) atoms. The minimum absolute atomic E-state index is 0.0322. The first-order chi connectivity index (χ1) is 5.77. The van der Waals surface area contributed by atoms with Gasteiger partial charge in [-0.15, -0.1) is 0 Å². The van der Waals surface area contributed by atoms with E-state index < -0.39 is 0 Å². The van der Waals surface area contributed by atoms with Crippen LogP contribution in [-0.4, -0.2) is 36.3 Å². The molecule has 1 saturated heterocycles. The van der Waals surface area contributed by atoms with Gasteiger partial charge in [-0.1, -0.05) is 0 Å². The first kappa shape index (κ1) is 7.58. The Labute approximate surface area is 70.9 Å². The smallest absolute Gasteiger partial charge is 0.239 e. The number of nitrogens with zero attached hydrogens (tertiary/aromatic N) is 1. The van der Waals surface area contributed by atoms with Crippen molar-refractivity contribution in [1.82, 2.24) is 10.2 Å². The highest BCUT2D eigenvalue weighted by atomic mass is 16.2. The lowest BCUT2D eigenvalue weighted by molar-refractivity contribution is -0.139. The average Bonchev–Trinajstić information content (AvgIpc) is 2.85. The van der Waals surface area contributed by atoms with Crippen molar-refractivity contribution >= 4 is 11.8 Å². The van der Waals surface area contributed by atoms with Crippen LogP contribution in [0.2, 0.25) is 0 Å². The third-order valence-electron chi connectivity index (χ3n) is 2.28. The number of carbonyl (C=O) groups is 2. The van der Waals surface area contributed by atoms with Crippen molar-refractivity contribution in [2.45, 2.75) is 12.8 Å². The Bertz CT molecular complexity index is 223. The average molecular weight is 168 g/mol. The molecular weight excluding hydrogens is 156 g/mol. The summed E-state index contributed by atoms with van der Waals surface area (Å²) in [5.74, 6) is 0.371. The van der Waals surface area contributed by atoms with Gasteiger partial charge in [0, 0.05) is 19.0 Å². The zero-order valence-electron chi connectivity index (χ0n) is 6.88. The molecule has 1 heterocycles. The van der Waals surface area contributed by atoms with Crippen molar-refractivity contribution in [3.05, 3.63) is 0 Å². The Morgan fingerprint density at radius 1 is 1.50 bits per heavy atom. The van der Waals surface area contributed by atoms with Gasteiger partial charge < -0.3 is 10.2 Å². The standard InChI is InChI=1S/C8H12N2O2/c11-7-5-10(4-3-9-7)8(12)6-1-2-6/h6H,1-5H2,(H,9,11). The van der Waals surface area contributed by atoms with Crippen molar-refractivity contribution < 1.29 is 9.59 Å². The summed E-state index contributed by atoms with van der Waals surface area (Å²) < 4.78 is 0. The van der Waals surface area contributed by atoms with E-state index in [0.717, 1.165) is 12.8 Å². The molecule has 1 aliphatic carbocycles. The summed E-state index contributed by atoms with van der Waals surface area (Å²) in [6.45, 7) is 1.55. The maximum Gasteiger partial charge on any atom is 0.239 e. The highest BCUT2D eigenvalue weighted by Crippen LogP contribution is 2.30. The summed E-state index contributed by atoms with van der Waals surface area (Å²) in [5, 5.41) is 2.69. The number of piperazine rings is 1. The van der Waals surface area contributed by atoms with Gasteiger partial charge in [-0.05, 0) is 12.8 Å². The SMILES string of the molecule is O=C1CN(C(=O)C2CC2)CCN1. The van der Waals surface area contributed by atoms with Crippen molar-refractivity contribution in [1.29, 1.82) is 0 Å². The van der Waals surface area contributed by atoms with Crippen molar-refractivity contribution in [2.24, 2.45) is 5.92 Å². The van der Waals surface area contributed by atoms with E-state index in [1.165, 1.54) is 0 Å². The molecule has 2 aliphatic rings. The molecule has 0 radical (unpaired) electrons. The van der Waals surface area contributed by atoms with Crippen LogP contribution in [0, 0.1) is 5.92 Å².